The van der Waals surface area contributed by atoms with Gasteiger partial charge in [0.2, 0.25) is 0 Å². The van der Waals surface area contributed by atoms with Crippen molar-refractivity contribution in [3.63, 3.8) is 0 Å². The zero-order valence-corrected chi connectivity index (χ0v) is 10.9. The summed E-state index contributed by atoms with van der Waals surface area (Å²) in [7, 11) is 0. The van der Waals surface area contributed by atoms with Crippen molar-refractivity contribution in [1.29, 1.82) is 0 Å². The van der Waals surface area contributed by atoms with Gasteiger partial charge < -0.3 is 10.4 Å². The van der Waals surface area contributed by atoms with Crippen molar-refractivity contribution in [2.75, 3.05) is 0 Å². The minimum absolute atomic E-state index is 0.0771. The zero-order valence-electron chi connectivity index (χ0n) is 10.9. The monoisotopic (exact) mass is 280 g/mol. The number of nitrogens with one attached hydrogen (secondary N) is 2. The van der Waals surface area contributed by atoms with Crippen LogP contribution < -0.4 is 10.6 Å². The SMILES string of the molecule is CC(C)(C(=O)O)C1(c2cccc(F)c2)NC(=O)NC1=O. The Morgan fingerprint density at radius 1 is 1.35 bits per heavy atom. The molecule has 3 N–H and O–H groups in total. The molecule has 1 fully saturated rings. The molecule has 6 nitrogen and oxygen atoms in total. The summed E-state index contributed by atoms with van der Waals surface area (Å²) in [6, 6.07) is 4.14. The molecule has 1 heterocycles. The van der Waals surface area contributed by atoms with Crippen LogP contribution >= 0.6 is 0 Å². The van der Waals surface area contributed by atoms with Gasteiger partial charge in [0.05, 0.1) is 5.41 Å². The van der Waals surface area contributed by atoms with E-state index in [4.69, 9.17) is 0 Å². The van der Waals surface area contributed by atoms with Crippen molar-refractivity contribution < 1.29 is 23.9 Å². The largest absolute Gasteiger partial charge is 0.481 e. The number of halogens is 1. The average Bonchev–Trinajstić information content (AvgIpc) is 2.65. The number of carbonyl (C=O) groups excluding carboxylic acids is 2. The molecule has 2 rings (SSSR count). The summed E-state index contributed by atoms with van der Waals surface area (Å²) in [5, 5.41) is 13.7. The van der Waals surface area contributed by atoms with E-state index in [9.17, 15) is 23.9 Å². The summed E-state index contributed by atoms with van der Waals surface area (Å²) in [5.41, 5.74) is -3.46. The number of rotatable bonds is 3. The molecule has 20 heavy (non-hydrogen) atoms. The van der Waals surface area contributed by atoms with Crippen LogP contribution in [0.5, 0.6) is 0 Å². The lowest BCUT2D eigenvalue weighted by molar-refractivity contribution is -0.155. The van der Waals surface area contributed by atoms with Gasteiger partial charge in [-0.15, -0.1) is 0 Å². The lowest BCUT2D eigenvalue weighted by Crippen LogP contribution is -2.58. The maximum atomic E-state index is 13.4. The van der Waals surface area contributed by atoms with Gasteiger partial charge in [0.1, 0.15) is 5.82 Å². The first kappa shape index (κ1) is 14.0. The number of urea groups is 1. The van der Waals surface area contributed by atoms with Crippen LogP contribution in [0.15, 0.2) is 24.3 Å². The number of carboxylic acid groups (broad SMARTS) is 1. The van der Waals surface area contributed by atoms with E-state index in [2.05, 4.69) is 5.32 Å². The summed E-state index contributed by atoms with van der Waals surface area (Å²) in [6.45, 7) is 2.59. The van der Waals surface area contributed by atoms with Crippen LogP contribution in [0.25, 0.3) is 0 Å². The van der Waals surface area contributed by atoms with Crippen molar-refractivity contribution in [1.82, 2.24) is 10.6 Å². The second-order valence-electron chi connectivity index (χ2n) is 5.10. The first-order chi connectivity index (χ1) is 9.21. The molecule has 0 aromatic heterocycles. The molecule has 7 heteroatoms. The number of aliphatic carboxylic acids is 1. The molecule has 1 atom stereocenters. The Labute approximate surface area is 114 Å². The fraction of sp³-hybridized carbons (Fsp3) is 0.308. The maximum Gasteiger partial charge on any atom is 0.322 e. The third-order valence-corrected chi connectivity index (χ3v) is 3.60. The van der Waals surface area contributed by atoms with Crippen LogP contribution in [-0.4, -0.2) is 23.0 Å². The summed E-state index contributed by atoms with van der Waals surface area (Å²) in [5.74, 6) is -2.74. The first-order valence-corrected chi connectivity index (χ1v) is 5.85. The van der Waals surface area contributed by atoms with Gasteiger partial charge in [0.25, 0.3) is 5.91 Å². The lowest BCUT2D eigenvalue weighted by atomic mass is 9.68. The predicted molar refractivity (Wildman–Crippen MR) is 66.2 cm³/mol. The molecule has 1 aromatic rings. The highest BCUT2D eigenvalue weighted by Crippen LogP contribution is 2.42. The Morgan fingerprint density at radius 3 is 2.45 bits per heavy atom. The van der Waals surface area contributed by atoms with Crippen molar-refractivity contribution in [2.24, 2.45) is 5.41 Å². The molecule has 1 aromatic carbocycles. The van der Waals surface area contributed by atoms with E-state index >= 15 is 0 Å². The highest BCUT2D eigenvalue weighted by atomic mass is 19.1. The van der Waals surface area contributed by atoms with Gasteiger partial charge in [-0.25, -0.2) is 9.18 Å². The Balaban J connectivity index is 2.72. The Morgan fingerprint density at radius 2 is 2.00 bits per heavy atom. The van der Waals surface area contributed by atoms with Gasteiger partial charge >= 0.3 is 12.0 Å². The number of hydrogen-bond acceptors (Lipinski definition) is 3. The summed E-state index contributed by atoms with van der Waals surface area (Å²) in [4.78, 5) is 35.2. The number of carbonyl (C=O) groups is 3. The summed E-state index contributed by atoms with van der Waals surface area (Å²) < 4.78 is 13.4. The van der Waals surface area contributed by atoms with E-state index < -0.39 is 34.7 Å². The molecular formula is C13H13FN2O4. The number of hydrogen-bond donors (Lipinski definition) is 3. The van der Waals surface area contributed by atoms with Crippen LogP contribution in [0.1, 0.15) is 19.4 Å². The molecule has 3 amide bonds. The summed E-state index contributed by atoms with van der Waals surface area (Å²) >= 11 is 0. The molecule has 0 spiro atoms. The molecular weight excluding hydrogens is 267 g/mol. The van der Waals surface area contributed by atoms with Gasteiger partial charge in [-0.05, 0) is 31.5 Å². The highest BCUT2D eigenvalue weighted by Gasteiger charge is 2.61. The Kier molecular flexibility index (Phi) is 3.00. The second-order valence-corrected chi connectivity index (χ2v) is 5.10. The molecule has 1 aliphatic heterocycles. The van der Waals surface area contributed by atoms with Crippen LogP contribution in [0.3, 0.4) is 0 Å². The Hall–Kier alpha value is -2.44. The standard InChI is InChI=1S/C13H13FN2O4/c1-12(2,10(18)19)13(9(17)15-11(20)16-13)7-4-3-5-8(14)6-7/h3-6H,1-2H3,(H,18,19)(H2,15,16,17,20). The van der Waals surface area contributed by atoms with E-state index in [-0.39, 0.29) is 5.56 Å². The first-order valence-electron chi connectivity index (χ1n) is 5.85. The van der Waals surface area contributed by atoms with Crippen LogP contribution in [0.4, 0.5) is 9.18 Å². The number of amides is 3. The molecule has 1 saturated heterocycles. The normalized spacial score (nSPS) is 22.4. The van der Waals surface area contributed by atoms with Gasteiger partial charge in [-0.3, -0.25) is 14.9 Å². The zero-order chi connectivity index (χ0) is 15.1. The van der Waals surface area contributed by atoms with E-state index in [0.717, 1.165) is 6.07 Å². The molecule has 106 valence electrons. The van der Waals surface area contributed by atoms with Crippen molar-refractivity contribution in [3.05, 3.63) is 35.6 Å². The fourth-order valence-corrected chi connectivity index (χ4v) is 2.34. The van der Waals surface area contributed by atoms with Gasteiger partial charge in [-0.2, -0.15) is 0 Å². The minimum Gasteiger partial charge on any atom is -0.481 e. The van der Waals surface area contributed by atoms with E-state index in [1.54, 1.807) is 0 Å². The lowest BCUT2D eigenvalue weighted by Gasteiger charge is -2.38. The van der Waals surface area contributed by atoms with E-state index in [1.165, 1.54) is 32.0 Å². The van der Waals surface area contributed by atoms with Gasteiger partial charge in [-0.1, -0.05) is 12.1 Å². The van der Waals surface area contributed by atoms with Crippen LogP contribution in [-0.2, 0) is 15.1 Å². The number of imide groups is 1. The smallest absolute Gasteiger partial charge is 0.322 e. The van der Waals surface area contributed by atoms with Crippen LogP contribution in [0, 0.1) is 11.2 Å². The second kappa shape index (κ2) is 4.29. The Bertz CT molecular complexity index is 614. The average molecular weight is 280 g/mol. The van der Waals surface area contributed by atoms with Crippen LogP contribution in [0.2, 0.25) is 0 Å². The predicted octanol–water partition coefficient (Wildman–Crippen LogP) is 0.971. The molecule has 0 radical (unpaired) electrons. The van der Waals surface area contributed by atoms with E-state index in [0.29, 0.717) is 0 Å². The van der Waals surface area contributed by atoms with E-state index in [1.807, 2.05) is 5.32 Å². The van der Waals surface area contributed by atoms with Crippen molar-refractivity contribution in [2.45, 2.75) is 19.4 Å². The molecule has 0 aliphatic carbocycles. The quantitative estimate of drug-likeness (QED) is 0.719. The van der Waals surface area contributed by atoms with Gasteiger partial charge in [0.15, 0.2) is 5.54 Å². The number of benzene rings is 1. The van der Waals surface area contributed by atoms with Crippen molar-refractivity contribution >= 4 is 17.9 Å². The number of carboxylic acids is 1. The van der Waals surface area contributed by atoms with Gasteiger partial charge in [0, 0.05) is 0 Å². The molecule has 1 aliphatic rings. The topological polar surface area (TPSA) is 95.5 Å². The maximum absolute atomic E-state index is 13.4. The highest BCUT2D eigenvalue weighted by molar-refractivity contribution is 6.10. The third-order valence-electron chi connectivity index (χ3n) is 3.60. The summed E-state index contributed by atoms with van der Waals surface area (Å²) in [6.07, 6.45) is 0. The van der Waals surface area contributed by atoms with Crippen molar-refractivity contribution in [3.8, 4) is 0 Å². The third kappa shape index (κ3) is 1.74. The molecule has 1 unspecified atom stereocenters. The fourth-order valence-electron chi connectivity index (χ4n) is 2.34. The molecule has 0 saturated carbocycles. The minimum atomic E-state index is -1.86. The molecule has 0 bridgehead atoms.